The summed E-state index contributed by atoms with van der Waals surface area (Å²) in [6.45, 7) is 2.99. The number of hydrogen-bond acceptors (Lipinski definition) is 5. The fourth-order valence-electron chi connectivity index (χ4n) is 2.16. The van der Waals surface area contributed by atoms with Gasteiger partial charge in [0.05, 0.1) is 13.1 Å². The molecule has 3 aromatic rings. The number of methoxy groups -OCH3 is 1. The second-order valence-corrected chi connectivity index (χ2v) is 5.29. The lowest BCUT2D eigenvalue weighted by molar-refractivity contribution is 0.284. The number of tetrazole rings is 1. The molecule has 0 unspecified atom stereocenters. The maximum atomic E-state index is 5.86. The topological polar surface area (TPSA) is 87.0 Å². The largest absolute Gasteiger partial charge is 0.493 e. The van der Waals surface area contributed by atoms with E-state index in [2.05, 4.69) is 57.1 Å². The number of nitrogens with zero attached hydrogens (tertiary/aromatic N) is 4. The van der Waals surface area contributed by atoms with E-state index in [1.165, 1.54) is 5.56 Å². The molecule has 124 valence electrons. The molecule has 2 aromatic carbocycles. The zero-order valence-electron chi connectivity index (χ0n) is 13.6. The Labute approximate surface area is 140 Å². The Morgan fingerprint density at radius 1 is 1.04 bits per heavy atom. The quantitative estimate of drug-likeness (QED) is 0.720. The zero-order chi connectivity index (χ0) is 16.8. The third kappa shape index (κ3) is 4.01. The first-order valence-electron chi connectivity index (χ1n) is 7.51. The molecule has 0 fully saturated rings. The third-order valence-electron chi connectivity index (χ3n) is 3.48. The maximum absolute atomic E-state index is 5.86. The highest BCUT2D eigenvalue weighted by atomic mass is 16.5. The number of aromatic nitrogens is 4. The van der Waals surface area contributed by atoms with E-state index in [0.29, 0.717) is 30.6 Å². The van der Waals surface area contributed by atoms with E-state index in [-0.39, 0.29) is 0 Å². The number of benzene rings is 2. The summed E-state index contributed by atoms with van der Waals surface area (Å²) in [5, 5.41) is 17.6. The molecule has 1 N–H and O–H groups in total. The molecule has 0 atom stereocenters. The standard InChI is InChI=1S/C17H18N5O2/c1-12-3-5-13(6-4-12)11-24-15-8-7-14(9-16(15)23-2)10-18-17-19-21-22-20-17/h3-9H,10-11H2,1-2H3,(H-,18,19,20,21,22)/q-1. The third-order valence-corrected chi connectivity index (χ3v) is 3.48. The molecule has 0 saturated carbocycles. The van der Waals surface area contributed by atoms with Crippen molar-refractivity contribution in [1.29, 1.82) is 0 Å². The number of aryl methyl sites for hydroxylation is 1. The van der Waals surface area contributed by atoms with Crippen molar-refractivity contribution in [2.24, 2.45) is 0 Å². The SMILES string of the molecule is COc1cc(C[N-]c2nn[nH]n2)ccc1OCc1ccc(C)cc1. The lowest BCUT2D eigenvalue weighted by Gasteiger charge is -2.13. The van der Waals surface area contributed by atoms with Gasteiger partial charge in [-0.25, -0.2) is 0 Å². The Hall–Kier alpha value is -3.09. The van der Waals surface area contributed by atoms with Crippen LogP contribution in [0.25, 0.3) is 5.32 Å². The van der Waals surface area contributed by atoms with E-state index in [1.807, 2.05) is 18.2 Å². The Morgan fingerprint density at radius 3 is 2.54 bits per heavy atom. The van der Waals surface area contributed by atoms with E-state index < -0.39 is 0 Å². The molecule has 7 nitrogen and oxygen atoms in total. The van der Waals surface area contributed by atoms with Crippen LogP contribution in [0.2, 0.25) is 0 Å². The first kappa shape index (κ1) is 15.8. The van der Waals surface area contributed by atoms with Crippen molar-refractivity contribution >= 4 is 5.95 Å². The zero-order valence-corrected chi connectivity index (χ0v) is 13.6. The first-order chi connectivity index (χ1) is 11.7. The summed E-state index contributed by atoms with van der Waals surface area (Å²) in [5.41, 5.74) is 3.31. The fourth-order valence-corrected chi connectivity index (χ4v) is 2.16. The van der Waals surface area contributed by atoms with Gasteiger partial charge in [0.1, 0.15) is 6.61 Å². The molecule has 0 spiro atoms. The summed E-state index contributed by atoms with van der Waals surface area (Å²) in [7, 11) is 1.62. The Balaban J connectivity index is 1.63. The van der Waals surface area contributed by atoms with Crippen LogP contribution in [0.5, 0.6) is 11.5 Å². The summed E-state index contributed by atoms with van der Waals surface area (Å²) in [4.78, 5) is 0. The molecule has 24 heavy (non-hydrogen) atoms. The number of ether oxygens (including phenoxy) is 2. The summed E-state index contributed by atoms with van der Waals surface area (Å²) >= 11 is 0. The van der Waals surface area contributed by atoms with Crippen molar-refractivity contribution in [3.8, 4) is 11.5 Å². The highest BCUT2D eigenvalue weighted by Crippen LogP contribution is 2.30. The van der Waals surface area contributed by atoms with Crippen LogP contribution in [0.15, 0.2) is 42.5 Å². The highest BCUT2D eigenvalue weighted by molar-refractivity contribution is 5.44. The van der Waals surface area contributed by atoms with Gasteiger partial charge in [0.25, 0.3) is 0 Å². The van der Waals surface area contributed by atoms with Crippen LogP contribution in [0.1, 0.15) is 16.7 Å². The van der Waals surface area contributed by atoms with Crippen LogP contribution >= 0.6 is 0 Å². The average Bonchev–Trinajstić information content (AvgIpc) is 3.13. The van der Waals surface area contributed by atoms with Gasteiger partial charge in [0, 0.05) is 6.54 Å². The second-order valence-electron chi connectivity index (χ2n) is 5.29. The minimum Gasteiger partial charge on any atom is -0.493 e. The number of aromatic amines is 1. The summed E-state index contributed by atoms with van der Waals surface area (Å²) < 4.78 is 11.3. The van der Waals surface area contributed by atoms with E-state index in [1.54, 1.807) is 7.11 Å². The predicted octanol–water partition coefficient (Wildman–Crippen LogP) is 3.30. The molecule has 0 aliphatic heterocycles. The van der Waals surface area contributed by atoms with Crippen LogP contribution in [0.3, 0.4) is 0 Å². The number of H-pyrrole nitrogens is 1. The molecule has 0 amide bonds. The van der Waals surface area contributed by atoms with Crippen LogP contribution in [0, 0.1) is 6.92 Å². The summed E-state index contributed by atoms with van der Waals surface area (Å²) in [5.74, 6) is 1.69. The van der Waals surface area contributed by atoms with Crippen molar-refractivity contribution in [2.75, 3.05) is 7.11 Å². The molecule has 0 aliphatic carbocycles. The summed E-state index contributed by atoms with van der Waals surface area (Å²) in [6, 6.07) is 14.0. The normalized spacial score (nSPS) is 10.4. The van der Waals surface area contributed by atoms with Gasteiger partial charge >= 0.3 is 0 Å². The first-order valence-corrected chi connectivity index (χ1v) is 7.51. The second kappa shape index (κ2) is 7.45. The molecule has 7 heteroatoms. The number of rotatable bonds is 7. The number of nitrogens with one attached hydrogen (secondary N) is 1. The van der Waals surface area contributed by atoms with Gasteiger partial charge < -0.3 is 14.8 Å². The smallest absolute Gasteiger partial charge is 0.161 e. The van der Waals surface area contributed by atoms with Crippen molar-refractivity contribution in [1.82, 2.24) is 20.6 Å². The van der Waals surface area contributed by atoms with Crippen LogP contribution in [-0.4, -0.2) is 27.7 Å². The molecule has 0 bridgehead atoms. The van der Waals surface area contributed by atoms with Crippen molar-refractivity contribution in [2.45, 2.75) is 20.1 Å². The Morgan fingerprint density at radius 2 is 1.83 bits per heavy atom. The molecule has 0 saturated heterocycles. The summed E-state index contributed by atoms with van der Waals surface area (Å²) in [6.07, 6.45) is 0. The van der Waals surface area contributed by atoms with E-state index >= 15 is 0 Å². The minimum atomic E-state index is 0.327. The highest BCUT2D eigenvalue weighted by Gasteiger charge is 2.06. The van der Waals surface area contributed by atoms with Gasteiger partial charge in [0.15, 0.2) is 11.5 Å². The molecular weight excluding hydrogens is 306 g/mol. The number of hydrogen-bond donors (Lipinski definition) is 1. The van der Waals surface area contributed by atoms with Crippen LogP contribution in [0.4, 0.5) is 5.95 Å². The van der Waals surface area contributed by atoms with Gasteiger partial charge in [-0.1, -0.05) is 35.9 Å². The Kier molecular flexibility index (Phi) is 4.90. The van der Waals surface area contributed by atoms with Gasteiger partial charge in [-0.2, -0.15) is 0 Å². The van der Waals surface area contributed by atoms with E-state index in [4.69, 9.17) is 9.47 Å². The van der Waals surface area contributed by atoms with Crippen LogP contribution in [-0.2, 0) is 13.2 Å². The van der Waals surface area contributed by atoms with Crippen molar-refractivity contribution in [3.05, 3.63) is 64.5 Å². The average molecular weight is 324 g/mol. The molecule has 1 aromatic heterocycles. The van der Waals surface area contributed by atoms with Gasteiger partial charge in [0.2, 0.25) is 0 Å². The predicted molar refractivity (Wildman–Crippen MR) is 89.4 cm³/mol. The lowest BCUT2D eigenvalue weighted by Crippen LogP contribution is -1.98. The molecular formula is C17H18N5O2-. The van der Waals surface area contributed by atoms with Crippen molar-refractivity contribution in [3.63, 3.8) is 0 Å². The van der Waals surface area contributed by atoms with Gasteiger partial charge in [-0.05, 0) is 30.2 Å². The van der Waals surface area contributed by atoms with Crippen molar-refractivity contribution < 1.29 is 9.47 Å². The van der Waals surface area contributed by atoms with Gasteiger partial charge in [-0.3, -0.25) is 15.4 Å². The maximum Gasteiger partial charge on any atom is 0.161 e. The van der Waals surface area contributed by atoms with Crippen LogP contribution < -0.4 is 9.47 Å². The van der Waals surface area contributed by atoms with Gasteiger partial charge in [-0.15, -0.1) is 5.21 Å². The molecule has 0 aliphatic rings. The van der Waals surface area contributed by atoms with E-state index in [9.17, 15) is 0 Å². The minimum absolute atomic E-state index is 0.327. The Bertz CT molecular complexity index is 772. The molecule has 1 heterocycles. The molecule has 0 radical (unpaired) electrons. The van der Waals surface area contributed by atoms with E-state index in [0.717, 1.165) is 11.1 Å². The fraction of sp³-hybridized carbons (Fsp3) is 0.235. The molecule has 3 rings (SSSR count). The monoisotopic (exact) mass is 324 g/mol. The lowest BCUT2D eigenvalue weighted by atomic mass is 10.1.